The van der Waals surface area contributed by atoms with Crippen molar-refractivity contribution in [3.8, 4) is 0 Å². The molecule has 0 bridgehead atoms. The molecule has 1 aliphatic heterocycles. The van der Waals surface area contributed by atoms with Crippen LogP contribution in [-0.4, -0.2) is 56.6 Å². The lowest BCUT2D eigenvalue weighted by Gasteiger charge is -2.54. The van der Waals surface area contributed by atoms with Crippen LogP contribution in [0.15, 0.2) is 60.7 Å². The van der Waals surface area contributed by atoms with E-state index in [-0.39, 0.29) is 11.0 Å². The van der Waals surface area contributed by atoms with E-state index in [2.05, 4.69) is 90.9 Å². The van der Waals surface area contributed by atoms with Gasteiger partial charge in [-0.1, -0.05) is 81.4 Å². The summed E-state index contributed by atoms with van der Waals surface area (Å²) < 4.78 is 7.91. The summed E-state index contributed by atoms with van der Waals surface area (Å²) >= 11 is 0. The van der Waals surface area contributed by atoms with Crippen LogP contribution < -0.4 is 10.4 Å². The monoisotopic (exact) mass is 424 g/mol. The predicted molar refractivity (Wildman–Crippen MR) is 127 cm³/mol. The molecule has 0 saturated carbocycles. The number of hydrogen-bond acceptors (Lipinski definition) is 4. The van der Waals surface area contributed by atoms with Gasteiger partial charge in [0.1, 0.15) is 0 Å². The average Bonchev–Trinajstić information content (AvgIpc) is 2.74. The van der Waals surface area contributed by atoms with Crippen LogP contribution in [0.4, 0.5) is 0 Å². The second-order valence-corrected chi connectivity index (χ2v) is 13.8. The molecule has 0 aliphatic carbocycles. The Morgan fingerprint density at radius 1 is 0.967 bits per heavy atom. The first-order valence-corrected chi connectivity index (χ1v) is 13.1. The third-order valence-corrected chi connectivity index (χ3v) is 12.0. The first kappa shape index (κ1) is 22.7. The maximum absolute atomic E-state index is 11.9. The number of benzene rings is 2. The fourth-order valence-corrected chi connectivity index (χ4v) is 11.0. The molecule has 2 aromatic carbocycles. The summed E-state index contributed by atoms with van der Waals surface area (Å²) in [7, 11) is -2.29. The molecular weight excluding hydrogens is 388 g/mol. The number of carbonyl (C=O) groups is 1. The van der Waals surface area contributed by atoms with Gasteiger partial charge in [-0.05, 0) is 35.3 Å². The summed E-state index contributed by atoms with van der Waals surface area (Å²) in [6, 6.07) is 22.2. The van der Waals surface area contributed by atoms with E-state index in [0.29, 0.717) is 13.0 Å². The molecule has 0 amide bonds. The molecule has 2 aromatic rings. The van der Waals surface area contributed by atoms with E-state index in [0.717, 1.165) is 32.7 Å². The van der Waals surface area contributed by atoms with Crippen LogP contribution in [0.1, 0.15) is 40.5 Å². The van der Waals surface area contributed by atoms with Gasteiger partial charge >= 0.3 is 5.97 Å². The molecule has 4 nitrogen and oxygen atoms in total. The Labute approximate surface area is 182 Å². The van der Waals surface area contributed by atoms with Gasteiger partial charge in [0, 0.05) is 19.8 Å². The second kappa shape index (κ2) is 9.90. The normalized spacial score (nSPS) is 16.4. The highest BCUT2D eigenvalue weighted by atomic mass is 28.3. The zero-order valence-corrected chi connectivity index (χ0v) is 19.9. The topological polar surface area (TPSA) is 32.8 Å². The molecule has 0 atom stereocenters. The van der Waals surface area contributed by atoms with Crippen molar-refractivity contribution in [3.05, 3.63) is 60.7 Å². The summed E-state index contributed by atoms with van der Waals surface area (Å²) in [4.78, 5) is 14.3. The van der Waals surface area contributed by atoms with Crippen LogP contribution in [0.3, 0.4) is 0 Å². The maximum Gasteiger partial charge on any atom is 0.307 e. The van der Waals surface area contributed by atoms with Gasteiger partial charge in [0.15, 0.2) is 8.24 Å². The van der Waals surface area contributed by atoms with Crippen LogP contribution in [0.5, 0.6) is 0 Å². The molecule has 0 aromatic heterocycles. The Morgan fingerprint density at radius 2 is 1.53 bits per heavy atom. The minimum absolute atomic E-state index is 0.0971. The number of esters is 1. The SMILES string of the molecule is CCOC(=O)CCN1CCCN([Si](c2ccccc2)(c2ccccc2)C(C)(C)C)C1. The van der Waals surface area contributed by atoms with Crippen molar-refractivity contribution in [3.63, 3.8) is 0 Å². The Balaban J connectivity index is 1.99. The van der Waals surface area contributed by atoms with Crippen molar-refractivity contribution in [1.82, 2.24) is 9.47 Å². The summed E-state index contributed by atoms with van der Waals surface area (Å²) in [5.41, 5.74) is 0. The van der Waals surface area contributed by atoms with Crippen molar-refractivity contribution < 1.29 is 9.53 Å². The fourth-order valence-electron chi connectivity index (χ4n) is 5.04. The molecule has 0 radical (unpaired) electrons. The highest BCUT2D eigenvalue weighted by Crippen LogP contribution is 2.39. The first-order chi connectivity index (χ1) is 14.4. The van der Waals surface area contributed by atoms with Crippen molar-refractivity contribution in [2.24, 2.45) is 0 Å². The van der Waals surface area contributed by atoms with E-state index < -0.39 is 8.24 Å². The largest absolute Gasteiger partial charge is 0.466 e. The third kappa shape index (κ3) is 4.69. The summed E-state index contributed by atoms with van der Waals surface area (Å²) in [6.07, 6.45) is 1.58. The second-order valence-electron chi connectivity index (χ2n) is 9.12. The number of carbonyl (C=O) groups excluding carboxylic acids is 1. The Morgan fingerprint density at radius 3 is 2.03 bits per heavy atom. The van der Waals surface area contributed by atoms with E-state index in [1.54, 1.807) is 0 Å². The number of rotatable bonds is 7. The van der Waals surface area contributed by atoms with Gasteiger partial charge in [-0.3, -0.25) is 9.69 Å². The summed E-state index contributed by atoms with van der Waals surface area (Å²) in [6.45, 7) is 13.3. The standard InChI is InChI=1S/C25H36N2O2Si/c1-5-29-24(28)17-20-26-18-12-19-27(21-26)30(25(2,3)4,22-13-8-6-9-14-22)23-15-10-7-11-16-23/h6-11,13-16H,5,12,17-21H2,1-4H3. The maximum atomic E-state index is 11.9. The molecule has 0 N–H and O–H groups in total. The summed E-state index contributed by atoms with van der Waals surface area (Å²) in [5, 5.41) is 3.01. The van der Waals surface area contributed by atoms with Gasteiger partial charge in [-0.25, -0.2) is 0 Å². The molecule has 5 heteroatoms. The van der Waals surface area contributed by atoms with E-state index in [1.165, 1.54) is 10.4 Å². The smallest absolute Gasteiger partial charge is 0.307 e. The van der Waals surface area contributed by atoms with Gasteiger partial charge in [0.05, 0.1) is 13.0 Å². The number of hydrogen-bond donors (Lipinski definition) is 0. The van der Waals surface area contributed by atoms with E-state index >= 15 is 0 Å². The zero-order chi connectivity index (χ0) is 21.6. The lowest BCUT2D eigenvalue weighted by atomic mass is 10.2. The van der Waals surface area contributed by atoms with Crippen LogP contribution in [-0.2, 0) is 9.53 Å². The van der Waals surface area contributed by atoms with Gasteiger partial charge < -0.3 is 9.30 Å². The molecular formula is C25H36N2O2Si. The Kier molecular flexibility index (Phi) is 7.50. The molecule has 162 valence electrons. The van der Waals surface area contributed by atoms with Crippen molar-refractivity contribution in [2.45, 2.75) is 45.6 Å². The van der Waals surface area contributed by atoms with Crippen molar-refractivity contribution >= 4 is 24.6 Å². The van der Waals surface area contributed by atoms with Crippen LogP contribution in [0.2, 0.25) is 5.04 Å². The van der Waals surface area contributed by atoms with E-state index in [1.807, 2.05) is 6.92 Å². The lowest BCUT2D eigenvalue weighted by molar-refractivity contribution is -0.143. The minimum Gasteiger partial charge on any atom is -0.466 e. The van der Waals surface area contributed by atoms with Crippen LogP contribution in [0.25, 0.3) is 0 Å². The average molecular weight is 425 g/mol. The first-order valence-electron chi connectivity index (χ1n) is 11.1. The minimum atomic E-state index is -2.29. The molecule has 1 aliphatic rings. The molecule has 1 heterocycles. The molecule has 3 rings (SSSR count). The third-order valence-electron chi connectivity index (χ3n) is 6.15. The lowest BCUT2D eigenvalue weighted by Crippen LogP contribution is -2.77. The zero-order valence-electron chi connectivity index (χ0n) is 18.9. The molecule has 1 fully saturated rings. The molecule has 0 unspecified atom stereocenters. The number of ether oxygens (including phenoxy) is 1. The molecule has 0 spiro atoms. The quantitative estimate of drug-likeness (QED) is 0.503. The van der Waals surface area contributed by atoms with Gasteiger partial charge in [0.25, 0.3) is 0 Å². The number of nitrogens with zero attached hydrogens (tertiary/aromatic N) is 2. The van der Waals surface area contributed by atoms with E-state index in [4.69, 9.17) is 4.74 Å². The van der Waals surface area contributed by atoms with E-state index in [9.17, 15) is 4.79 Å². The highest BCUT2D eigenvalue weighted by molar-refractivity contribution is 7.02. The molecule has 1 saturated heterocycles. The van der Waals surface area contributed by atoms with Crippen LogP contribution >= 0.6 is 0 Å². The van der Waals surface area contributed by atoms with Gasteiger partial charge in [0.2, 0.25) is 0 Å². The van der Waals surface area contributed by atoms with Gasteiger partial charge in [-0.15, -0.1) is 0 Å². The Bertz CT molecular complexity index is 765. The van der Waals surface area contributed by atoms with Gasteiger partial charge in [-0.2, -0.15) is 0 Å². The van der Waals surface area contributed by atoms with Crippen LogP contribution in [0, 0.1) is 0 Å². The van der Waals surface area contributed by atoms with Crippen molar-refractivity contribution in [2.75, 3.05) is 32.9 Å². The predicted octanol–water partition coefficient (Wildman–Crippen LogP) is 3.46. The summed E-state index contributed by atoms with van der Waals surface area (Å²) in [5.74, 6) is -0.0972. The fraction of sp³-hybridized carbons (Fsp3) is 0.480. The van der Waals surface area contributed by atoms with Crippen molar-refractivity contribution in [1.29, 1.82) is 0 Å². The highest BCUT2D eigenvalue weighted by Gasteiger charge is 2.53. The Hall–Kier alpha value is -1.95. The molecule has 30 heavy (non-hydrogen) atoms.